The summed E-state index contributed by atoms with van der Waals surface area (Å²) in [5.41, 5.74) is -0.292. The van der Waals surface area contributed by atoms with E-state index in [2.05, 4.69) is 4.98 Å². The summed E-state index contributed by atoms with van der Waals surface area (Å²) < 4.78 is 45.0. The van der Waals surface area contributed by atoms with Gasteiger partial charge in [0, 0.05) is 17.7 Å². The number of carbonyl (C=O) groups is 1. The zero-order chi connectivity index (χ0) is 19.3. The highest BCUT2D eigenvalue weighted by molar-refractivity contribution is 6.62. The molecule has 136 valence electrons. The number of halogens is 3. The van der Waals surface area contributed by atoms with E-state index < -0.39 is 35.9 Å². The largest absolute Gasteiger partial charge is 0.492 e. The molecular weight excluding hydrogens is 346 g/mol. The van der Waals surface area contributed by atoms with Gasteiger partial charge < -0.3 is 9.68 Å². The zero-order valence-corrected chi connectivity index (χ0v) is 14.5. The van der Waals surface area contributed by atoms with Gasteiger partial charge >= 0.3 is 13.3 Å². The molecule has 0 atom stereocenters. The first-order valence-electron chi connectivity index (χ1n) is 8.06. The van der Waals surface area contributed by atoms with Gasteiger partial charge in [-0.15, -0.1) is 0 Å². The van der Waals surface area contributed by atoms with E-state index in [0.717, 1.165) is 11.6 Å². The van der Waals surface area contributed by atoms with Crippen molar-refractivity contribution in [2.75, 3.05) is 0 Å². The highest BCUT2D eigenvalue weighted by atomic mass is 19.4. The number of nitrogens with zero attached hydrogens (tertiary/aromatic N) is 1. The molecule has 1 aliphatic rings. The maximum atomic E-state index is 13.2. The van der Waals surface area contributed by atoms with Crippen molar-refractivity contribution in [2.24, 2.45) is 0 Å². The van der Waals surface area contributed by atoms with Crippen LogP contribution in [0.15, 0.2) is 30.3 Å². The van der Waals surface area contributed by atoms with Crippen molar-refractivity contribution in [3.63, 3.8) is 0 Å². The summed E-state index contributed by atoms with van der Waals surface area (Å²) in [4.78, 5) is 16.0. The normalized spacial score (nSPS) is 15.9. The smallest absolute Gasteiger partial charge is 0.423 e. The lowest BCUT2D eigenvalue weighted by Crippen LogP contribution is -2.29. The molecule has 3 rings (SSSR count). The number of carbonyl (C=O) groups excluding carboxylic acids is 1. The van der Waals surface area contributed by atoms with Crippen LogP contribution in [0, 0.1) is 6.92 Å². The molecule has 1 aromatic heterocycles. The Balaban J connectivity index is 1.92. The standard InChI is InChI=1S/C18H17BF3NO3/c1-10-4-6-12(16(23-10)18(20,21)22)15(24)9-11-5-7-13-14(8-11)19(25)26-17(13,2)3/h4-8,25H,9H2,1-3H3. The number of hydrogen-bond donors (Lipinski definition) is 1. The molecule has 0 bridgehead atoms. The van der Waals surface area contributed by atoms with Crippen LogP contribution in [0.2, 0.25) is 0 Å². The Morgan fingerprint density at radius 3 is 2.62 bits per heavy atom. The molecular formula is C18H17BF3NO3. The van der Waals surface area contributed by atoms with Crippen molar-refractivity contribution in [2.45, 2.75) is 39.0 Å². The Kier molecular flexibility index (Phi) is 4.44. The van der Waals surface area contributed by atoms with Crippen molar-refractivity contribution in [1.82, 2.24) is 4.98 Å². The average molecular weight is 363 g/mol. The fourth-order valence-corrected chi connectivity index (χ4v) is 3.16. The van der Waals surface area contributed by atoms with Gasteiger partial charge in [0.25, 0.3) is 0 Å². The molecule has 2 aromatic rings. The van der Waals surface area contributed by atoms with Crippen molar-refractivity contribution < 1.29 is 27.6 Å². The lowest BCUT2D eigenvalue weighted by Gasteiger charge is -2.19. The molecule has 0 aliphatic carbocycles. The van der Waals surface area contributed by atoms with Gasteiger partial charge in [-0.05, 0) is 49.5 Å². The second kappa shape index (κ2) is 6.21. The molecule has 0 unspecified atom stereocenters. The maximum Gasteiger partial charge on any atom is 0.492 e. The Hall–Kier alpha value is -2.19. The van der Waals surface area contributed by atoms with E-state index >= 15 is 0 Å². The van der Waals surface area contributed by atoms with Gasteiger partial charge in [0.15, 0.2) is 11.5 Å². The number of rotatable bonds is 3. The van der Waals surface area contributed by atoms with E-state index in [-0.39, 0.29) is 12.1 Å². The Morgan fingerprint density at radius 2 is 1.96 bits per heavy atom. The van der Waals surface area contributed by atoms with E-state index in [1.807, 2.05) is 0 Å². The minimum Gasteiger partial charge on any atom is -0.423 e. The monoisotopic (exact) mass is 363 g/mol. The van der Waals surface area contributed by atoms with E-state index in [1.165, 1.54) is 13.0 Å². The van der Waals surface area contributed by atoms with Crippen LogP contribution in [-0.4, -0.2) is 22.9 Å². The van der Waals surface area contributed by atoms with Crippen molar-refractivity contribution >= 4 is 18.4 Å². The summed E-state index contributed by atoms with van der Waals surface area (Å²) >= 11 is 0. The molecule has 1 aromatic carbocycles. The first-order valence-corrected chi connectivity index (χ1v) is 8.06. The number of Topliss-reactive ketones (excluding diaryl/α,β-unsaturated/α-hetero) is 1. The molecule has 0 saturated heterocycles. The molecule has 2 heterocycles. The van der Waals surface area contributed by atoms with Gasteiger partial charge in [0.1, 0.15) is 0 Å². The van der Waals surface area contributed by atoms with Gasteiger partial charge in [-0.25, -0.2) is 4.98 Å². The van der Waals surface area contributed by atoms with E-state index in [0.29, 0.717) is 11.0 Å². The van der Waals surface area contributed by atoms with E-state index in [4.69, 9.17) is 4.65 Å². The summed E-state index contributed by atoms with van der Waals surface area (Å²) in [6, 6.07) is 7.52. The molecule has 0 saturated carbocycles. The van der Waals surface area contributed by atoms with Gasteiger partial charge in [-0.2, -0.15) is 13.2 Å². The lowest BCUT2D eigenvalue weighted by atomic mass is 9.77. The SMILES string of the molecule is Cc1ccc(C(=O)Cc2ccc3c(c2)B(O)OC3(C)C)c(C(F)(F)F)n1. The van der Waals surface area contributed by atoms with Crippen LogP contribution in [0.5, 0.6) is 0 Å². The van der Waals surface area contributed by atoms with Crippen molar-refractivity contribution in [1.29, 1.82) is 0 Å². The number of ketones is 1. The van der Waals surface area contributed by atoms with Crippen LogP contribution in [-0.2, 0) is 22.9 Å². The number of benzene rings is 1. The maximum absolute atomic E-state index is 13.2. The minimum absolute atomic E-state index is 0.189. The van der Waals surface area contributed by atoms with Crippen LogP contribution in [0.4, 0.5) is 13.2 Å². The fraction of sp³-hybridized carbons (Fsp3) is 0.333. The van der Waals surface area contributed by atoms with Crippen LogP contribution >= 0.6 is 0 Å². The topological polar surface area (TPSA) is 59.4 Å². The first kappa shape index (κ1) is 18.6. The molecule has 1 N–H and O–H groups in total. The van der Waals surface area contributed by atoms with Crippen molar-refractivity contribution in [3.8, 4) is 0 Å². The molecule has 0 amide bonds. The number of pyridine rings is 1. The number of alkyl halides is 3. The predicted octanol–water partition coefficient (Wildman–Crippen LogP) is 2.79. The van der Waals surface area contributed by atoms with Crippen molar-refractivity contribution in [3.05, 3.63) is 58.4 Å². The Bertz CT molecular complexity index is 880. The number of aryl methyl sites for hydroxylation is 1. The van der Waals surface area contributed by atoms with Gasteiger partial charge in [-0.3, -0.25) is 4.79 Å². The Labute approximate surface area is 149 Å². The van der Waals surface area contributed by atoms with E-state index in [9.17, 15) is 23.0 Å². The average Bonchev–Trinajstić information content (AvgIpc) is 2.75. The summed E-state index contributed by atoms with van der Waals surface area (Å²) in [7, 11) is -1.12. The number of aromatic nitrogens is 1. The number of hydrogen-bond acceptors (Lipinski definition) is 4. The number of fused-ring (bicyclic) bond motifs is 1. The fourth-order valence-electron chi connectivity index (χ4n) is 3.16. The molecule has 4 nitrogen and oxygen atoms in total. The molecule has 0 spiro atoms. The van der Waals surface area contributed by atoms with Gasteiger partial charge in [0.2, 0.25) is 0 Å². The van der Waals surface area contributed by atoms with E-state index in [1.54, 1.807) is 32.0 Å². The highest BCUT2D eigenvalue weighted by Gasteiger charge is 2.41. The lowest BCUT2D eigenvalue weighted by molar-refractivity contribution is -0.141. The summed E-state index contributed by atoms with van der Waals surface area (Å²) in [5, 5.41) is 10.0. The van der Waals surface area contributed by atoms with Crippen LogP contribution in [0.3, 0.4) is 0 Å². The molecule has 8 heteroatoms. The third kappa shape index (κ3) is 3.39. The first-order chi connectivity index (χ1) is 12.0. The van der Waals surface area contributed by atoms with Crippen LogP contribution < -0.4 is 5.46 Å². The molecule has 26 heavy (non-hydrogen) atoms. The molecule has 0 radical (unpaired) electrons. The third-order valence-electron chi connectivity index (χ3n) is 4.40. The quantitative estimate of drug-likeness (QED) is 0.673. The third-order valence-corrected chi connectivity index (χ3v) is 4.40. The second-order valence-electron chi connectivity index (χ2n) is 6.85. The van der Waals surface area contributed by atoms with Gasteiger partial charge in [-0.1, -0.05) is 18.2 Å². The second-order valence-corrected chi connectivity index (χ2v) is 6.85. The van der Waals surface area contributed by atoms with Crippen LogP contribution in [0.25, 0.3) is 0 Å². The van der Waals surface area contributed by atoms with Crippen LogP contribution in [0.1, 0.15) is 46.7 Å². The highest BCUT2D eigenvalue weighted by Crippen LogP contribution is 2.32. The van der Waals surface area contributed by atoms with Gasteiger partial charge in [0.05, 0.1) is 5.60 Å². The molecule has 1 aliphatic heterocycles. The summed E-state index contributed by atoms with van der Waals surface area (Å²) in [6.07, 6.45) is -4.93. The summed E-state index contributed by atoms with van der Waals surface area (Å²) in [5.74, 6) is -0.683. The minimum atomic E-state index is -4.71. The Morgan fingerprint density at radius 1 is 1.27 bits per heavy atom. The predicted molar refractivity (Wildman–Crippen MR) is 90.2 cm³/mol. The summed E-state index contributed by atoms with van der Waals surface area (Å²) in [6.45, 7) is 5.05. The molecule has 0 fully saturated rings. The zero-order valence-electron chi connectivity index (χ0n) is 14.5.